The van der Waals surface area contributed by atoms with Crippen molar-refractivity contribution < 1.29 is 14.6 Å². The molecule has 0 spiro atoms. The van der Waals surface area contributed by atoms with Gasteiger partial charge in [0.2, 0.25) is 0 Å². The van der Waals surface area contributed by atoms with Crippen molar-refractivity contribution in [3.05, 3.63) is 137 Å². The second-order valence-corrected chi connectivity index (χ2v) is 10.2. The zero-order valence-electron chi connectivity index (χ0n) is 21.8. The van der Waals surface area contributed by atoms with E-state index in [0.717, 1.165) is 49.4 Å². The molecular formula is C34H35NO3. The van der Waals surface area contributed by atoms with Gasteiger partial charge >= 0.3 is 5.97 Å². The second-order valence-electron chi connectivity index (χ2n) is 10.2. The zero-order chi connectivity index (χ0) is 26.2. The Bertz CT molecular complexity index is 1250. The van der Waals surface area contributed by atoms with E-state index in [4.69, 9.17) is 9.84 Å². The van der Waals surface area contributed by atoms with Crippen molar-refractivity contribution in [3.63, 3.8) is 0 Å². The molecule has 4 aromatic carbocycles. The first-order valence-corrected chi connectivity index (χ1v) is 13.5. The third-order valence-corrected chi connectivity index (χ3v) is 7.75. The van der Waals surface area contributed by atoms with Crippen molar-refractivity contribution in [2.75, 3.05) is 13.1 Å². The van der Waals surface area contributed by atoms with Gasteiger partial charge in [0, 0.05) is 18.4 Å². The molecule has 194 valence electrons. The van der Waals surface area contributed by atoms with Crippen LogP contribution in [0.1, 0.15) is 47.1 Å². The Morgan fingerprint density at radius 2 is 1.24 bits per heavy atom. The highest BCUT2D eigenvalue weighted by Gasteiger charge is 2.37. The number of piperidine rings is 1. The Balaban J connectivity index is 1.15. The number of hydrogen-bond acceptors (Lipinski definition) is 3. The summed E-state index contributed by atoms with van der Waals surface area (Å²) < 4.78 is 5.94. The Hall–Kier alpha value is -3.89. The molecule has 0 saturated carbocycles. The molecule has 0 atom stereocenters. The topological polar surface area (TPSA) is 49.8 Å². The van der Waals surface area contributed by atoms with Crippen molar-refractivity contribution in [3.8, 4) is 5.75 Å². The van der Waals surface area contributed by atoms with Gasteiger partial charge in [-0.2, -0.15) is 0 Å². The molecule has 0 radical (unpaired) electrons. The molecule has 0 aliphatic carbocycles. The highest BCUT2D eigenvalue weighted by atomic mass is 16.5. The zero-order valence-corrected chi connectivity index (χ0v) is 21.8. The van der Waals surface area contributed by atoms with Gasteiger partial charge in [0.05, 0.1) is 0 Å². The predicted octanol–water partition coefficient (Wildman–Crippen LogP) is 6.86. The van der Waals surface area contributed by atoms with E-state index in [1.54, 1.807) is 0 Å². The van der Waals surface area contributed by atoms with Crippen LogP contribution in [0, 0.1) is 0 Å². The normalized spacial score (nSPS) is 15.2. The number of rotatable bonds is 10. The van der Waals surface area contributed by atoms with Gasteiger partial charge in [-0.1, -0.05) is 97.1 Å². The number of nitrogens with zero attached hydrogens (tertiary/aromatic N) is 1. The van der Waals surface area contributed by atoms with Crippen LogP contribution in [0.5, 0.6) is 5.75 Å². The molecular weight excluding hydrogens is 470 g/mol. The molecule has 4 heteroatoms. The number of hydrogen-bond donors (Lipinski definition) is 1. The first-order chi connectivity index (χ1) is 18.6. The van der Waals surface area contributed by atoms with Crippen LogP contribution in [0.3, 0.4) is 0 Å². The predicted molar refractivity (Wildman–Crippen MR) is 151 cm³/mol. The first-order valence-electron chi connectivity index (χ1n) is 13.5. The maximum absolute atomic E-state index is 10.7. The third-order valence-electron chi connectivity index (χ3n) is 7.75. The van der Waals surface area contributed by atoms with Crippen LogP contribution >= 0.6 is 0 Å². The molecule has 5 rings (SSSR count). The fourth-order valence-corrected chi connectivity index (χ4v) is 5.52. The smallest absolute Gasteiger partial charge is 0.303 e. The fourth-order valence-electron chi connectivity index (χ4n) is 5.52. The molecule has 0 aromatic heterocycles. The quantitative estimate of drug-likeness (QED) is 0.256. The van der Waals surface area contributed by atoms with Gasteiger partial charge in [0.1, 0.15) is 12.4 Å². The molecule has 4 aromatic rings. The minimum atomic E-state index is -0.776. The Kier molecular flexibility index (Phi) is 8.20. The van der Waals surface area contributed by atoms with E-state index in [0.29, 0.717) is 13.0 Å². The highest BCUT2D eigenvalue weighted by molar-refractivity contribution is 5.67. The highest BCUT2D eigenvalue weighted by Crippen LogP contribution is 2.41. The maximum atomic E-state index is 10.7. The summed E-state index contributed by atoms with van der Waals surface area (Å²) in [6, 6.07) is 38.4. The van der Waals surface area contributed by atoms with E-state index in [-0.39, 0.29) is 11.8 Å². The molecule has 4 nitrogen and oxygen atoms in total. The Morgan fingerprint density at radius 1 is 0.711 bits per heavy atom. The Labute approximate surface area is 225 Å². The summed E-state index contributed by atoms with van der Waals surface area (Å²) in [5.74, 6) is 0.0170. The van der Waals surface area contributed by atoms with E-state index in [9.17, 15) is 4.79 Å². The van der Waals surface area contributed by atoms with Crippen molar-refractivity contribution in [2.24, 2.45) is 0 Å². The molecule has 1 heterocycles. The molecule has 38 heavy (non-hydrogen) atoms. The minimum absolute atomic E-state index is 0.0781. The number of ether oxygens (including phenoxy) is 1. The number of aliphatic carboxylic acids is 1. The van der Waals surface area contributed by atoms with E-state index in [1.807, 2.05) is 24.3 Å². The van der Waals surface area contributed by atoms with Gasteiger partial charge < -0.3 is 9.84 Å². The van der Waals surface area contributed by atoms with Crippen molar-refractivity contribution >= 4 is 5.97 Å². The van der Waals surface area contributed by atoms with Crippen molar-refractivity contribution in [1.29, 1.82) is 0 Å². The van der Waals surface area contributed by atoms with Gasteiger partial charge in [0.25, 0.3) is 0 Å². The molecule has 0 bridgehead atoms. The maximum Gasteiger partial charge on any atom is 0.303 e. The largest absolute Gasteiger partial charge is 0.489 e. The van der Waals surface area contributed by atoms with Crippen molar-refractivity contribution in [2.45, 2.75) is 44.2 Å². The lowest BCUT2D eigenvalue weighted by Crippen LogP contribution is -2.43. The summed E-state index contributed by atoms with van der Waals surface area (Å²) in [6.07, 6.45) is 2.91. The van der Waals surface area contributed by atoms with E-state index < -0.39 is 5.97 Å². The lowest BCUT2D eigenvalue weighted by Gasteiger charge is -2.43. The third kappa shape index (κ3) is 6.32. The minimum Gasteiger partial charge on any atom is -0.489 e. The van der Waals surface area contributed by atoms with Crippen LogP contribution in [0.4, 0.5) is 0 Å². The van der Waals surface area contributed by atoms with Crippen LogP contribution in [-0.4, -0.2) is 29.1 Å². The Morgan fingerprint density at radius 3 is 1.79 bits per heavy atom. The number of aryl methyl sites for hydroxylation is 1. The average molecular weight is 506 g/mol. The van der Waals surface area contributed by atoms with Gasteiger partial charge in [-0.15, -0.1) is 0 Å². The van der Waals surface area contributed by atoms with Crippen LogP contribution in [-0.2, 0) is 29.8 Å². The average Bonchev–Trinajstić information content (AvgIpc) is 2.98. The summed E-state index contributed by atoms with van der Waals surface area (Å²) in [5, 5.41) is 8.83. The molecule has 1 saturated heterocycles. The van der Waals surface area contributed by atoms with E-state index in [2.05, 4.69) is 89.8 Å². The summed E-state index contributed by atoms with van der Waals surface area (Å²) in [5.41, 5.74) is 6.38. The van der Waals surface area contributed by atoms with Gasteiger partial charge in [-0.25, -0.2) is 0 Å². The monoisotopic (exact) mass is 505 g/mol. The molecule has 1 aliphatic rings. The summed E-state index contributed by atoms with van der Waals surface area (Å²) in [6.45, 7) is 3.60. The number of carboxylic acids is 1. The second kappa shape index (κ2) is 12.1. The van der Waals surface area contributed by atoms with Gasteiger partial charge in [-0.3, -0.25) is 9.69 Å². The number of benzene rings is 4. The van der Waals surface area contributed by atoms with E-state index >= 15 is 0 Å². The fraction of sp³-hybridized carbons (Fsp3) is 0.265. The van der Waals surface area contributed by atoms with Crippen molar-refractivity contribution in [1.82, 2.24) is 4.90 Å². The van der Waals surface area contributed by atoms with Gasteiger partial charge in [-0.05, 0) is 72.3 Å². The first kappa shape index (κ1) is 25.7. The summed E-state index contributed by atoms with van der Waals surface area (Å²) >= 11 is 0. The molecule has 0 unspecified atom stereocenters. The van der Waals surface area contributed by atoms with Gasteiger partial charge in [0.15, 0.2) is 0 Å². The molecule has 1 aliphatic heterocycles. The van der Waals surface area contributed by atoms with E-state index in [1.165, 1.54) is 16.7 Å². The molecule has 1 N–H and O–H groups in total. The van der Waals surface area contributed by atoms with Crippen LogP contribution in [0.15, 0.2) is 109 Å². The summed E-state index contributed by atoms with van der Waals surface area (Å²) in [4.78, 5) is 13.3. The van der Waals surface area contributed by atoms with Crippen LogP contribution in [0.2, 0.25) is 0 Å². The lowest BCUT2D eigenvalue weighted by molar-refractivity contribution is -0.136. The molecule has 1 fully saturated rings. The SMILES string of the molecule is O=C(O)CCc1ccc(OCc2ccc(CN3CCC(c4ccccc4)(c4ccccc4)CC3)cc2)cc1. The van der Waals surface area contributed by atoms with Crippen LogP contribution in [0.25, 0.3) is 0 Å². The number of carboxylic acid groups (broad SMARTS) is 1. The number of carbonyl (C=O) groups is 1. The standard InChI is InChI=1S/C34H35NO3/c36-33(37)20-17-27-15-18-32(19-16-27)38-26-29-13-11-28(12-14-29)25-35-23-21-34(22-24-35,30-7-3-1-4-8-30)31-9-5-2-6-10-31/h1-16,18-19H,17,20-26H2,(H,36,37). The summed E-state index contributed by atoms with van der Waals surface area (Å²) in [7, 11) is 0. The molecule has 0 amide bonds. The number of likely N-dealkylation sites (tertiary alicyclic amines) is 1. The van der Waals surface area contributed by atoms with Crippen LogP contribution < -0.4 is 4.74 Å². The lowest BCUT2D eigenvalue weighted by atomic mass is 9.68.